The van der Waals surface area contributed by atoms with Crippen molar-refractivity contribution in [1.29, 1.82) is 0 Å². The molecule has 100 valence electrons. The first kappa shape index (κ1) is 13.4. The van der Waals surface area contributed by atoms with Crippen molar-refractivity contribution in [1.82, 2.24) is 5.32 Å². The van der Waals surface area contributed by atoms with E-state index in [1.54, 1.807) is 0 Å². The zero-order valence-electron chi connectivity index (χ0n) is 11.7. The second kappa shape index (κ2) is 7.41. The van der Waals surface area contributed by atoms with Gasteiger partial charge in [0.2, 0.25) is 0 Å². The fourth-order valence-corrected chi connectivity index (χ4v) is 4.12. The van der Waals surface area contributed by atoms with Gasteiger partial charge in [-0.2, -0.15) is 0 Å². The summed E-state index contributed by atoms with van der Waals surface area (Å²) in [6.07, 6.45) is 16.4. The van der Waals surface area contributed by atoms with Crippen molar-refractivity contribution < 1.29 is 0 Å². The lowest BCUT2D eigenvalue weighted by Gasteiger charge is -2.36. The average molecular weight is 237 g/mol. The van der Waals surface area contributed by atoms with E-state index in [0.717, 1.165) is 24.4 Å². The smallest absolute Gasteiger partial charge is 0.0123 e. The Morgan fingerprint density at radius 1 is 0.765 bits per heavy atom. The van der Waals surface area contributed by atoms with Crippen molar-refractivity contribution in [3.05, 3.63) is 0 Å². The van der Waals surface area contributed by atoms with Crippen LogP contribution in [0.2, 0.25) is 0 Å². The standard InChI is InChI=1S/C16H31N/c1-2-17-16(15-12-8-5-9-13-15)14-10-6-3-4-7-11-14/h14-17H,2-13H2,1H3. The minimum Gasteiger partial charge on any atom is -0.314 e. The Bertz CT molecular complexity index is 188. The molecule has 1 nitrogen and oxygen atoms in total. The van der Waals surface area contributed by atoms with Crippen LogP contribution in [-0.4, -0.2) is 12.6 Å². The summed E-state index contributed by atoms with van der Waals surface area (Å²) in [7, 11) is 0. The van der Waals surface area contributed by atoms with Crippen molar-refractivity contribution in [2.45, 2.75) is 83.6 Å². The Hall–Kier alpha value is -0.0400. The molecule has 2 fully saturated rings. The van der Waals surface area contributed by atoms with Gasteiger partial charge in [0.15, 0.2) is 0 Å². The highest BCUT2D eigenvalue weighted by molar-refractivity contribution is 4.85. The number of hydrogen-bond donors (Lipinski definition) is 1. The maximum absolute atomic E-state index is 3.85. The lowest BCUT2D eigenvalue weighted by molar-refractivity contribution is 0.194. The third kappa shape index (κ3) is 3.98. The van der Waals surface area contributed by atoms with Crippen LogP contribution in [0.5, 0.6) is 0 Å². The predicted octanol–water partition coefficient (Wildman–Crippen LogP) is 4.52. The molecular weight excluding hydrogens is 206 g/mol. The molecule has 0 heterocycles. The van der Waals surface area contributed by atoms with E-state index in [1.807, 2.05) is 0 Å². The topological polar surface area (TPSA) is 12.0 Å². The van der Waals surface area contributed by atoms with Gasteiger partial charge in [0, 0.05) is 6.04 Å². The molecule has 17 heavy (non-hydrogen) atoms. The van der Waals surface area contributed by atoms with Crippen LogP contribution in [0.1, 0.15) is 77.6 Å². The van der Waals surface area contributed by atoms with Gasteiger partial charge in [0.25, 0.3) is 0 Å². The predicted molar refractivity (Wildman–Crippen MR) is 75.2 cm³/mol. The van der Waals surface area contributed by atoms with Crippen molar-refractivity contribution >= 4 is 0 Å². The van der Waals surface area contributed by atoms with Crippen molar-refractivity contribution in [3.8, 4) is 0 Å². The molecule has 2 rings (SSSR count). The molecule has 2 aliphatic rings. The largest absolute Gasteiger partial charge is 0.314 e. The number of hydrogen-bond acceptors (Lipinski definition) is 1. The second-order valence-electron chi connectivity index (χ2n) is 6.23. The van der Waals surface area contributed by atoms with E-state index in [-0.39, 0.29) is 0 Å². The maximum atomic E-state index is 3.85. The Balaban J connectivity index is 1.93. The molecule has 1 heteroatoms. The van der Waals surface area contributed by atoms with E-state index >= 15 is 0 Å². The van der Waals surface area contributed by atoms with Crippen LogP contribution in [0.4, 0.5) is 0 Å². The minimum absolute atomic E-state index is 0.846. The van der Waals surface area contributed by atoms with Crippen LogP contribution in [0.3, 0.4) is 0 Å². The summed E-state index contributed by atoms with van der Waals surface area (Å²) in [5.74, 6) is 1.98. The summed E-state index contributed by atoms with van der Waals surface area (Å²) in [6.45, 7) is 3.45. The maximum Gasteiger partial charge on any atom is 0.0123 e. The molecule has 0 amide bonds. The third-order valence-electron chi connectivity index (χ3n) is 5.01. The van der Waals surface area contributed by atoms with Crippen LogP contribution < -0.4 is 5.32 Å². The molecule has 0 bridgehead atoms. The fourth-order valence-electron chi connectivity index (χ4n) is 4.12. The van der Waals surface area contributed by atoms with Crippen LogP contribution in [0, 0.1) is 11.8 Å². The minimum atomic E-state index is 0.846. The van der Waals surface area contributed by atoms with E-state index < -0.39 is 0 Å². The summed E-state index contributed by atoms with van der Waals surface area (Å²) in [5.41, 5.74) is 0. The van der Waals surface area contributed by atoms with Gasteiger partial charge in [-0.25, -0.2) is 0 Å². The van der Waals surface area contributed by atoms with E-state index in [0.29, 0.717) is 0 Å². The molecule has 0 aromatic rings. The molecule has 2 saturated carbocycles. The van der Waals surface area contributed by atoms with Crippen molar-refractivity contribution in [2.75, 3.05) is 6.54 Å². The van der Waals surface area contributed by atoms with Gasteiger partial charge in [-0.05, 0) is 44.1 Å². The summed E-state index contributed by atoms with van der Waals surface area (Å²) in [6, 6.07) is 0.846. The summed E-state index contributed by atoms with van der Waals surface area (Å²) >= 11 is 0. The molecule has 0 aliphatic heterocycles. The van der Waals surface area contributed by atoms with Crippen LogP contribution in [0.25, 0.3) is 0 Å². The number of nitrogens with one attached hydrogen (secondary N) is 1. The van der Waals surface area contributed by atoms with Gasteiger partial charge in [-0.3, -0.25) is 0 Å². The third-order valence-corrected chi connectivity index (χ3v) is 5.01. The molecule has 1 N–H and O–H groups in total. The summed E-state index contributed by atoms with van der Waals surface area (Å²) in [5, 5.41) is 3.85. The molecule has 0 saturated heterocycles. The Morgan fingerprint density at radius 3 is 1.59 bits per heavy atom. The highest BCUT2D eigenvalue weighted by Crippen LogP contribution is 2.34. The van der Waals surface area contributed by atoms with E-state index in [2.05, 4.69) is 12.2 Å². The first-order chi connectivity index (χ1) is 8.42. The molecule has 0 aromatic heterocycles. The molecule has 0 radical (unpaired) electrons. The van der Waals surface area contributed by atoms with Crippen molar-refractivity contribution in [3.63, 3.8) is 0 Å². The fraction of sp³-hybridized carbons (Fsp3) is 1.00. The Labute approximate surface area is 108 Å². The van der Waals surface area contributed by atoms with Gasteiger partial charge < -0.3 is 5.32 Å². The molecule has 0 spiro atoms. The number of rotatable bonds is 4. The van der Waals surface area contributed by atoms with Gasteiger partial charge in [-0.1, -0.05) is 51.9 Å². The van der Waals surface area contributed by atoms with Gasteiger partial charge in [0.05, 0.1) is 0 Å². The highest BCUT2D eigenvalue weighted by Gasteiger charge is 2.29. The van der Waals surface area contributed by atoms with Crippen molar-refractivity contribution in [2.24, 2.45) is 11.8 Å². The summed E-state index contributed by atoms with van der Waals surface area (Å²) in [4.78, 5) is 0. The van der Waals surface area contributed by atoms with Crippen LogP contribution >= 0.6 is 0 Å². The van der Waals surface area contributed by atoms with E-state index in [4.69, 9.17) is 0 Å². The van der Waals surface area contributed by atoms with Gasteiger partial charge in [-0.15, -0.1) is 0 Å². The van der Waals surface area contributed by atoms with Gasteiger partial charge >= 0.3 is 0 Å². The monoisotopic (exact) mass is 237 g/mol. The average Bonchev–Trinajstić information content (AvgIpc) is 2.66. The normalized spacial score (nSPS) is 26.6. The van der Waals surface area contributed by atoms with Crippen LogP contribution in [0.15, 0.2) is 0 Å². The van der Waals surface area contributed by atoms with Gasteiger partial charge in [0.1, 0.15) is 0 Å². The molecule has 2 aliphatic carbocycles. The zero-order valence-corrected chi connectivity index (χ0v) is 11.7. The Morgan fingerprint density at radius 2 is 1.18 bits per heavy atom. The first-order valence-electron chi connectivity index (χ1n) is 8.15. The molecule has 1 atom stereocenters. The molecule has 1 unspecified atom stereocenters. The highest BCUT2D eigenvalue weighted by atomic mass is 14.9. The summed E-state index contributed by atoms with van der Waals surface area (Å²) < 4.78 is 0. The zero-order chi connectivity index (χ0) is 11.9. The SMILES string of the molecule is CCNC(C1CCCCCC1)C1CCCCC1. The second-order valence-corrected chi connectivity index (χ2v) is 6.23. The van der Waals surface area contributed by atoms with E-state index in [9.17, 15) is 0 Å². The van der Waals surface area contributed by atoms with E-state index in [1.165, 1.54) is 70.6 Å². The Kier molecular flexibility index (Phi) is 5.84. The molecular formula is C16H31N. The van der Waals surface area contributed by atoms with Crippen LogP contribution in [-0.2, 0) is 0 Å². The first-order valence-corrected chi connectivity index (χ1v) is 8.15. The lowest BCUT2D eigenvalue weighted by atomic mass is 9.76. The molecule has 0 aromatic carbocycles. The lowest BCUT2D eigenvalue weighted by Crippen LogP contribution is -2.43. The quantitative estimate of drug-likeness (QED) is 0.709.